The number of anilines is 1. The molecule has 0 radical (unpaired) electrons. The number of rotatable bonds is 4. The summed E-state index contributed by atoms with van der Waals surface area (Å²) in [5.41, 5.74) is 4.02. The van der Waals surface area contributed by atoms with E-state index in [2.05, 4.69) is 25.9 Å². The molecule has 1 aliphatic rings. The van der Waals surface area contributed by atoms with Gasteiger partial charge in [0.15, 0.2) is 5.65 Å². The number of para-hydroxylation sites is 1. The van der Waals surface area contributed by atoms with Gasteiger partial charge >= 0.3 is 0 Å². The third-order valence-electron chi connectivity index (χ3n) is 5.50. The molecule has 1 saturated heterocycles. The second kappa shape index (κ2) is 7.59. The summed E-state index contributed by atoms with van der Waals surface area (Å²) in [5, 5.41) is 0.552. The Morgan fingerprint density at radius 3 is 2.70 bits per heavy atom. The quantitative estimate of drug-likeness (QED) is 0.534. The fourth-order valence-corrected chi connectivity index (χ4v) is 4.12. The zero-order valence-electron chi connectivity index (χ0n) is 16.7. The summed E-state index contributed by atoms with van der Waals surface area (Å²) < 4.78 is 1.95. The minimum absolute atomic E-state index is 0.168. The molecule has 150 valence electrons. The van der Waals surface area contributed by atoms with Crippen LogP contribution in [0.2, 0.25) is 0 Å². The van der Waals surface area contributed by atoms with Crippen LogP contribution in [0.25, 0.3) is 27.8 Å². The van der Waals surface area contributed by atoms with E-state index in [4.69, 9.17) is 4.98 Å². The lowest BCUT2D eigenvalue weighted by atomic mass is 10.1. The van der Waals surface area contributed by atoms with E-state index in [1.165, 1.54) is 19.2 Å². The van der Waals surface area contributed by atoms with E-state index in [1.54, 1.807) is 7.05 Å². The van der Waals surface area contributed by atoms with Gasteiger partial charge in [-0.25, -0.2) is 9.97 Å². The summed E-state index contributed by atoms with van der Waals surface area (Å²) in [6.45, 7) is 2.02. The molecule has 1 fully saturated rings. The Morgan fingerprint density at radius 1 is 1.13 bits per heavy atom. The Kier molecular flexibility index (Phi) is 4.63. The van der Waals surface area contributed by atoms with Crippen molar-refractivity contribution in [3.63, 3.8) is 0 Å². The highest BCUT2D eigenvalue weighted by Crippen LogP contribution is 2.32. The van der Waals surface area contributed by atoms with Crippen molar-refractivity contribution in [2.24, 2.45) is 4.99 Å². The van der Waals surface area contributed by atoms with Crippen molar-refractivity contribution in [3.05, 3.63) is 71.0 Å². The van der Waals surface area contributed by atoms with Gasteiger partial charge in [-0.2, -0.15) is 0 Å². The molecule has 1 aromatic carbocycles. The summed E-state index contributed by atoms with van der Waals surface area (Å²) in [5.74, 6) is 0.945. The smallest absolute Gasteiger partial charge is 0.260 e. The number of hydrogen-bond donors (Lipinski definition) is 1. The molecule has 0 aliphatic carbocycles. The summed E-state index contributed by atoms with van der Waals surface area (Å²) in [6.07, 6.45) is 9.44. The first-order valence-electron chi connectivity index (χ1n) is 10.1. The van der Waals surface area contributed by atoms with Crippen molar-refractivity contribution < 1.29 is 0 Å². The van der Waals surface area contributed by atoms with Gasteiger partial charge in [-0.05, 0) is 31.0 Å². The molecule has 0 bridgehead atoms. The Balaban J connectivity index is 1.72. The van der Waals surface area contributed by atoms with Gasteiger partial charge in [0, 0.05) is 61.1 Å². The van der Waals surface area contributed by atoms with E-state index in [1.807, 2.05) is 53.5 Å². The topological polar surface area (TPSA) is 79.2 Å². The first-order valence-corrected chi connectivity index (χ1v) is 10.1. The van der Waals surface area contributed by atoms with Crippen molar-refractivity contribution in [2.45, 2.75) is 12.8 Å². The molecule has 0 atom stereocenters. The first kappa shape index (κ1) is 18.3. The van der Waals surface area contributed by atoms with Gasteiger partial charge in [0.2, 0.25) is 0 Å². The van der Waals surface area contributed by atoms with E-state index in [0.717, 1.165) is 41.3 Å². The lowest BCUT2D eigenvalue weighted by molar-refractivity contribution is 0.936. The van der Waals surface area contributed by atoms with Crippen LogP contribution in [0.4, 0.5) is 5.82 Å². The number of nitrogens with one attached hydrogen (secondary N) is 1. The standard InChI is InChI=1S/C23H22N6O/c1-24-12-17-11-16(13-25-21(17)28-9-5-6-10-28)19-14-29(18-7-3-2-4-8-18)22-20(19)23(30)27-15-26-22/h2-4,7-8,11-15H,5-6,9-10H2,1H3,(H,26,27,30). The molecular formula is C23H22N6O. The largest absolute Gasteiger partial charge is 0.356 e. The van der Waals surface area contributed by atoms with Gasteiger partial charge in [0.1, 0.15) is 5.82 Å². The van der Waals surface area contributed by atoms with Gasteiger partial charge in [0.05, 0.1) is 11.7 Å². The predicted octanol–water partition coefficient (Wildman–Crippen LogP) is 3.42. The zero-order chi connectivity index (χ0) is 20.5. The molecule has 0 saturated carbocycles. The molecule has 4 aromatic rings. The third-order valence-corrected chi connectivity index (χ3v) is 5.50. The number of H-pyrrole nitrogens is 1. The fraction of sp³-hybridized carbons (Fsp3) is 0.217. The Bertz CT molecular complexity index is 1280. The van der Waals surface area contributed by atoms with E-state index in [0.29, 0.717) is 11.0 Å². The maximum Gasteiger partial charge on any atom is 0.260 e. The zero-order valence-corrected chi connectivity index (χ0v) is 16.7. The van der Waals surface area contributed by atoms with Crippen molar-refractivity contribution in [3.8, 4) is 16.8 Å². The Hall–Kier alpha value is -3.74. The van der Waals surface area contributed by atoms with Crippen LogP contribution in [-0.2, 0) is 0 Å². The van der Waals surface area contributed by atoms with Gasteiger partial charge in [0.25, 0.3) is 5.56 Å². The molecule has 7 nitrogen and oxygen atoms in total. The van der Waals surface area contributed by atoms with E-state index in [-0.39, 0.29) is 5.56 Å². The lowest BCUT2D eigenvalue weighted by Crippen LogP contribution is -2.20. The lowest BCUT2D eigenvalue weighted by Gasteiger charge is -2.19. The molecule has 3 aromatic heterocycles. The number of hydrogen-bond acceptors (Lipinski definition) is 5. The fourth-order valence-electron chi connectivity index (χ4n) is 4.12. The van der Waals surface area contributed by atoms with Crippen LogP contribution in [-0.4, -0.2) is 45.9 Å². The molecule has 30 heavy (non-hydrogen) atoms. The van der Waals surface area contributed by atoms with Gasteiger partial charge < -0.3 is 14.5 Å². The summed E-state index contributed by atoms with van der Waals surface area (Å²) in [6, 6.07) is 12.0. The average Bonchev–Trinajstić information content (AvgIpc) is 3.44. The average molecular weight is 398 g/mol. The van der Waals surface area contributed by atoms with Crippen LogP contribution in [0.15, 0.2) is 64.9 Å². The normalized spacial score (nSPS) is 14.2. The van der Waals surface area contributed by atoms with Crippen LogP contribution in [0.1, 0.15) is 18.4 Å². The minimum Gasteiger partial charge on any atom is -0.356 e. The number of nitrogens with zero attached hydrogens (tertiary/aromatic N) is 5. The van der Waals surface area contributed by atoms with Crippen molar-refractivity contribution in [1.29, 1.82) is 0 Å². The van der Waals surface area contributed by atoms with Crippen LogP contribution >= 0.6 is 0 Å². The third kappa shape index (κ3) is 3.08. The van der Waals surface area contributed by atoms with Crippen LogP contribution in [0, 0.1) is 0 Å². The molecule has 0 unspecified atom stereocenters. The van der Waals surface area contributed by atoms with Crippen LogP contribution in [0.5, 0.6) is 0 Å². The molecule has 4 heterocycles. The predicted molar refractivity (Wildman–Crippen MR) is 120 cm³/mol. The van der Waals surface area contributed by atoms with Gasteiger partial charge in [-0.3, -0.25) is 9.79 Å². The van der Waals surface area contributed by atoms with Gasteiger partial charge in [-0.1, -0.05) is 18.2 Å². The van der Waals surface area contributed by atoms with Crippen molar-refractivity contribution in [2.75, 3.05) is 25.0 Å². The number of aliphatic imine (C=N–C) groups is 1. The number of aromatic amines is 1. The second-order valence-electron chi connectivity index (χ2n) is 7.40. The molecular weight excluding hydrogens is 376 g/mol. The van der Waals surface area contributed by atoms with Crippen LogP contribution < -0.4 is 10.5 Å². The van der Waals surface area contributed by atoms with Crippen molar-refractivity contribution >= 4 is 23.1 Å². The summed E-state index contributed by atoms with van der Waals surface area (Å²) in [7, 11) is 1.76. The molecule has 5 rings (SSSR count). The molecule has 1 aliphatic heterocycles. The number of pyridine rings is 1. The SMILES string of the molecule is CN=Cc1cc(-c2cn(-c3ccccc3)c3nc[nH]c(=O)c23)cnc1N1CCCC1. The Labute approximate surface area is 173 Å². The summed E-state index contributed by atoms with van der Waals surface area (Å²) in [4.78, 5) is 31.2. The van der Waals surface area contributed by atoms with E-state index in [9.17, 15) is 4.79 Å². The van der Waals surface area contributed by atoms with E-state index >= 15 is 0 Å². The highest BCUT2D eigenvalue weighted by molar-refractivity contribution is 5.96. The maximum atomic E-state index is 12.7. The molecule has 0 spiro atoms. The molecule has 1 N–H and O–H groups in total. The highest BCUT2D eigenvalue weighted by Gasteiger charge is 2.20. The second-order valence-corrected chi connectivity index (χ2v) is 7.40. The first-order chi connectivity index (χ1) is 14.8. The number of aromatic nitrogens is 4. The van der Waals surface area contributed by atoms with Crippen molar-refractivity contribution in [1.82, 2.24) is 19.5 Å². The van der Waals surface area contributed by atoms with Crippen LogP contribution in [0.3, 0.4) is 0 Å². The summed E-state index contributed by atoms with van der Waals surface area (Å²) >= 11 is 0. The Morgan fingerprint density at radius 2 is 1.93 bits per heavy atom. The van der Waals surface area contributed by atoms with Gasteiger partial charge in [-0.15, -0.1) is 0 Å². The minimum atomic E-state index is -0.168. The molecule has 0 amide bonds. The van der Waals surface area contributed by atoms with E-state index < -0.39 is 0 Å². The maximum absolute atomic E-state index is 12.7. The monoisotopic (exact) mass is 398 g/mol. The number of benzene rings is 1. The number of fused-ring (bicyclic) bond motifs is 1. The highest BCUT2D eigenvalue weighted by atomic mass is 16.1. The molecule has 7 heteroatoms.